The van der Waals surface area contributed by atoms with E-state index in [9.17, 15) is 4.79 Å². The fourth-order valence-electron chi connectivity index (χ4n) is 3.14. The molecule has 3 aromatic rings. The summed E-state index contributed by atoms with van der Waals surface area (Å²) >= 11 is 0. The molecule has 0 saturated carbocycles. The molecule has 0 fully saturated rings. The maximum absolute atomic E-state index is 13.2. The second-order valence-electron chi connectivity index (χ2n) is 5.99. The summed E-state index contributed by atoms with van der Waals surface area (Å²) in [6.07, 6.45) is 0. The van der Waals surface area contributed by atoms with E-state index in [1.54, 1.807) is 37.3 Å². The Bertz CT molecular complexity index is 1030. The van der Waals surface area contributed by atoms with E-state index in [1.807, 2.05) is 54.6 Å². The molecule has 0 aliphatic carbocycles. The number of carbonyl (C=O) groups is 1. The summed E-state index contributed by atoms with van der Waals surface area (Å²) in [5.41, 5.74) is 3.38. The van der Waals surface area contributed by atoms with Gasteiger partial charge in [0.25, 0.3) is 5.91 Å². The van der Waals surface area contributed by atoms with Crippen LogP contribution < -0.4 is 14.4 Å². The van der Waals surface area contributed by atoms with Crippen molar-refractivity contribution >= 4 is 28.7 Å². The summed E-state index contributed by atoms with van der Waals surface area (Å²) in [7, 11) is 3.16. The zero-order valence-corrected chi connectivity index (χ0v) is 15.0. The highest BCUT2D eigenvalue weighted by atomic mass is 16.5. The predicted molar refractivity (Wildman–Crippen MR) is 106 cm³/mol. The lowest BCUT2D eigenvalue weighted by Gasteiger charge is -2.16. The van der Waals surface area contributed by atoms with Crippen molar-refractivity contribution in [2.24, 2.45) is 4.99 Å². The van der Waals surface area contributed by atoms with Crippen LogP contribution in [0.1, 0.15) is 5.56 Å². The lowest BCUT2D eigenvalue weighted by Crippen LogP contribution is -2.25. The van der Waals surface area contributed by atoms with E-state index in [2.05, 4.69) is 4.99 Å². The van der Waals surface area contributed by atoms with Gasteiger partial charge in [-0.05, 0) is 30.3 Å². The van der Waals surface area contributed by atoms with Crippen LogP contribution in [0.2, 0.25) is 0 Å². The van der Waals surface area contributed by atoms with Crippen molar-refractivity contribution in [1.29, 1.82) is 0 Å². The number of anilines is 2. The van der Waals surface area contributed by atoms with Gasteiger partial charge in [0.1, 0.15) is 22.9 Å². The van der Waals surface area contributed by atoms with Gasteiger partial charge in [-0.15, -0.1) is 0 Å². The molecule has 0 radical (unpaired) electrons. The molecule has 1 aliphatic rings. The molecular weight excluding hydrogens is 340 g/mol. The first-order chi connectivity index (χ1) is 13.2. The molecule has 0 bridgehead atoms. The normalized spacial score (nSPS) is 14.4. The number of nitrogens with zero attached hydrogens (tertiary/aromatic N) is 2. The number of methoxy groups -OCH3 is 2. The summed E-state index contributed by atoms with van der Waals surface area (Å²) in [6, 6.07) is 22.5. The average Bonchev–Trinajstić information content (AvgIpc) is 3.00. The van der Waals surface area contributed by atoms with Crippen LogP contribution in [0, 0.1) is 0 Å². The van der Waals surface area contributed by atoms with Crippen LogP contribution in [0.15, 0.2) is 77.8 Å². The fourth-order valence-corrected chi connectivity index (χ4v) is 3.14. The lowest BCUT2D eigenvalue weighted by atomic mass is 10.1. The van der Waals surface area contributed by atoms with E-state index in [1.165, 1.54) is 0 Å². The highest BCUT2D eigenvalue weighted by Crippen LogP contribution is 2.38. The molecule has 1 heterocycles. The Kier molecular flexibility index (Phi) is 4.34. The topological polar surface area (TPSA) is 51.1 Å². The highest BCUT2D eigenvalue weighted by Gasteiger charge is 2.34. The molecule has 0 spiro atoms. The monoisotopic (exact) mass is 358 g/mol. The van der Waals surface area contributed by atoms with Gasteiger partial charge in [0.2, 0.25) is 0 Å². The molecule has 5 nitrogen and oxygen atoms in total. The Morgan fingerprint density at radius 1 is 0.852 bits per heavy atom. The largest absolute Gasteiger partial charge is 0.497 e. The van der Waals surface area contributed by atoms with Crippen LogP contribution in [-0.2, 0) is 4.79 Å². The van der Waals surface area contributed by atoms with Crippen molar-refractivity contribution in [2.75, 3.05) is 19.1 Å². The Labute approximate surface area is 157 Å². The van der Waals surface area contributed by atoms with Gasteiger partial charge in [-0.25, -0.2) is 4.99 Å². The number of hydrogen-bond acceptors (Lipinski definition) is 4. The van der Waals surface area contributed by atoms with E-state index in [0.29, 0.717) is 22.9 Å². The van der Waals surface area contributed by atoms with E-state index in [0.717, 1.165) is 16.9 Å². The Morgan fingerprint density at radius 2 is 1.59 bits per heavy atom. The standard InChI is InChI=1S/C22H18N2O3/c1-26-16-12-13-18(20(14-16)27-2)23-21-17-10-6-7-11-19(17)24(22(21)25)15-8-4-3-5-9-15/h3-14H,1-2H3. The first-order valence-corrected chi connectivity index (χ1v) is 8.52. The molecule has 0 atom stereocenters. The van der Waals surface area contributed by atoms with Crippen molar-refractivity contribution in [3.63, 3.8) is 0 Å². The Hall–Kier alpha value is -3.60. The highest BCUT2D eigenvalue weighted by molar-refractivity contribution is 6.56. The summed E-state index contributed by atoms with van der Waals surface area (Å²) in [6.45, 7) is 0. The second kappa shape index (κ2) is 6.96. The van der Waals surface area contributed by atoms with E-state index in [4.69, 9.17) is 9.47 Å². The molecule has 0 aromatic heterocycles. The summed E-state index contributed by atoms with van der Waals surface area (Å²) in [4.78, 5) is 19.6. The first-order valence-electron chi connectivity index (χ1n) is 8.52. The van der Waals surface area contributed by atoms with Crippen LogP contribution in [0.4, 0.5) is 17.1 Å². The van der Waals surface area contributed by atoms with Crippen molar-refractivity contribution in [1.82, 2.24) is 0 Å². The third-order valence-electron chi connectivity index (χ3n) is 4.44. The van der Waals surface area contributed by atoms with Crippen molar-refractivity contribution < 1.29 is 14.3 Å². The summed E-state index contributed by atoms with van der Waals surface area (Å²) < 4.78 is 10.7. The van der Waals surface area contributed by atoms with Crippen molar-refractivity contribution in [3.8, 4) is 11.5 Å². The fraction of sp³-hybridized carbons (Fsp3) is 0.0909. The quantitative estimate of drug-likeness (QED) is 0.690. The summed E-state index contributed by atoms with van der Waals surface area (Å²) in [5, 5.41) is 0. The zero-order chi connectivity index (χ0) is 18.8. The molecular formula is C22H18N2O3. The molecule has 27 heavy (non-hydrogen) atoms. The molecule has 5 heteroatoms. The molecule has 1 aliphatic heterocycles. The average molecular weight is 358 g/mol. The van der Waals surface area contributed by atoms with Gasteiger partial charge in [-0.1, -0.05) is 36.4 Å². The van der Waals surface area contributed by atoms with Gasteiger partial charge in [0.15, 0.2) is 0 Å². The molecule has 4 rings (SSSR count). The van der Waals surface area contributed by atoms with Crippen LogP contribution in [-0.4, -0.2) is 25.8 Å². The second-order valence-corrected chi connectivity index (χ2v) is 5.99. The maximum atomic E-state index is 13.2. The zero-order valence-electron chi connectivity index (χ0n) is 15.0. The lowest BCUT2D eigenvalue weighted by molar-refractivity contribution is -0.111. The molecule has 0 N–H and O–H groups in total. The van der Waals surface area contributed by atoms with Crippen LogP contribution in [0.25, 0.3) is 0 Å². The summed E-state index contributed by atoms with van der Waals surface area (Å²) in [5.74, 6) is 1.05. The Morgan fingerprint density at radius 3 is 2.33 bits per heavy atom. The number of fused-ring (bicyclic) bond motifs is 1. The predicted octanol–water partition coefficient (Wildman–Crippen LogP) is 4.50. The number of amides is 1. The third-order valence-corrected chi connectivity index (χ3v) is 4.44. The Balaban J connectivity index is 1.85. The van der Waals surface area contributed by atoms with Gasteiger partial charge in [-0.3, -0.25) is 9.69 Å². The minimum atomic E-state index is -0.166. The number of benzene rings is 3. The van der Waals surface area contributed by atoms with Gasteiger partial charge in [0, 0.05) is 17.3 Å². The third kappa shape index (κ3) is 2.93. The number of rotatable bonds is 4. The number of hydrogen-bond donors (Lipinski definition) is 0. The van der Waals surface area contributed by atoms with E-state index >= 15 is 0 Å². The molecule has 3 aromatic carbocycles. The number of carbonyl (C=O) groups excluding carboxylic acids is 1. The van der Waals surface area contributed by atoms with Crippen molar-refractivity contribution in [3.05, 3.63) is 78.4 Å². The molecule has 1 amide bonds. The van der Waals surface area contributed by atoms with Gasteiger partial charge in [-0.2, -0.15) is 0 Å². The van der Waals surface area contributed by atoms with E-state index < -0.39 is 0 Å². The van der Waals surface area contributed by atoms with Gasteiger partial charge >= 0.3 is 0 Å². The SMILES string of the molecule is COc1ccc(N=C2C(=O)N(c3ccccc3)c3ccccc32)c(OC)c1. The smallest absolute Gasteiger partial charge is 0.282 e. The van der Waals surface area contributed by atoms with Gasteiger partial charge in [0.05, 0.1) is 19.9 Å². The number of para-hydroxylation sites is 2. The molecule has 0 unspecified atom stereocenters. The van der Waals surface area contributed by atoms with Crippen LogP contribution in [0.5, 0.6) is 11.5 Å². The molecule has 134 valence electrons. The van der Waals surface area contributed by atoms with Crippen LogP contribution >= 0.6 is 0 Å². The number of aliphatic imine (C=N–C) groups is 1. The van der Waals surface area contributed by atoms with Gasteiger partial charge < -0.3 is 9.47 Å². The minimum absolute atomic E-state index is 0.166. The maximum Gasteiger partial charge on any atom is 0.282 e. The minimum Gasteiger partial charge on any atom is -0.497 e. The van der Waals surface area contributed by atoms with Crippen LogP contribution in [0.3, 0.4) is 0 Å². The van der Waals surface area contributed by atoms with Crippen molar-refractivity contribution in [2.45, 2.75) is 0 Å². The molecule has 0 saturated heterocycles. The number of ether oxygens (including phenoxy) is 2. The van der Waals surface area contributed by atoms with E-state index in [-0.39, 0.29) is 5.91 Å². The first kappa shape index (κ1) is 16.8.